The number of fused-ring (bicyclic) bond motifs is 1. The summed E-state index contributed by atoms with van der Waals surface area (Å²) in [5.41, 5.74) is 5.05. The summed E-state index contributed by atoms with van der Waals surface area (Å²) in [5, 5.41) is 9.90. The molecule has 5 heteroatoms. The minimum Gasteiger partial charge on any atom is -0.422 e. The van der Waals surface area contributed by atoms with E-state index in [0.29, 0.717) is 19.0 Å². The molecule has 2 rings (SSSR count). The molecule has 2 aromatic rings. The van der Waals surface area contributed by atoms with Crippen LogP contribution in [0.2, 0.25) is 0 Å². The number of nitriles is 1. The first-order chi connectivity index (χ1) is 8.54. The van der Waals surface area contributed by atoms with Crippen molar-refractivity contribution in [1.82, 2.24) is 4.98 Å². The molecule has 0 bridgehead atoms. The van der Waals surface area contributed by atoms with Gasteiger partial charge in [-0.25, -0.2) is 5.84 Å². The maximum atomic E-state index is 8.54. The fraction of sp³-hybridized carbons (Fsp3) is 0.385. The number of oxazole rings is 1. The Morgan fingerprint density at radius 2 is 2.11 bits per heavy atom. The van der Waals surface area contributed by atoms with E-state index in [9.17, 15) is 0 Å². The summed E-state index contributed by atoms with van der Waals surface area (Å²) in [4.78, 5) is 4.39. The fourth-order valence-corrected chi connectivity index (χ4v) is 1.85. The SMILES string of the molecule is Cc1cc2oc(N(N)CCC#N)nc2c(C)c1C. The van der Waals surface area contributed by atoms with Crippen LogP contribution in [0.4, 0.5) is 6.01 Å². The van der Waals surface area contributed by atoms with Crippen LogP contribution in [-0.4, -0.2) is 11.5 Å². The Kier molecular flexibility index (Phi) is 3.21. The third kappa shape index (κ3) is 2.03. The summed E-state index contributed by atoms with van der Waals surface area (Å²) in [6.45, 7) is 6.53. The molecule has 94 valence electrons. The van der Waals surface area contributed by atoms with Crippen LogP contribution in [-0.2, 0) is 0 Å². The Bertz CT molecular complexity index is 624. The zero-order chi connectivity index (χ0) is 13.3. The second-order valence-corrected chi connectivity index (χ2v) is 4.39. The van der Waals surface area contributed by atoms with Crippen LogP contribution >= 0.6 is 0 Å². The Labute approximate surface area is 106 Å². The minimum atomic E-state index is 0.340. The standard InChI is InChI=1S/C13H16N4O/c1-8-7-11-12(10(3)9(8)2)16-13(18-11)17(15)6-4-5-14/h7H,4,6,15H2,1-3H3. The number of hydrogen-bond acceptors (Lipinski definition) is 5. The van der Waals surface area contributed by atoms with Gasteiger partial charge in [0.05, 0.1) is 19.0 Å². The first-order valence-corrected chi connectivity index (χ1v) is 5.81. The van der Waals surface area contributed by atoms with E-state index in [-0.39, 0.29) is 0 Å². The number of aromatic nitrogens is 1. The van der Waals surface area contributed by atoms with Crippen LogP contribution in [0.15, 0.2) is 10.5 Å². The molecule has 0 radical (unpaired) electrons. The van der Waals surface area contributed by atoms with Crippen LogP contribution in [0.25, 0.3) is 11.1 Å². The zero-order valence-corrected chi connectivity index (χ0v) is 10.8. The van der Waals surface area contributed by atoms with Crippen LogP contribution in [0.1, 0.15) is 23.1 Å². The van der Waals surface area contributed by atoms with Gasteiger partial charge < -0.3 is 4.42 Å². The third-order valence-corrected chi connectivity index (χ3v) is 3.21. The van der Waals surface area contributed by atoms with E-state index >= 15 is 0 Å². The van der Waals surface area contributed by atoms with Crippen molar-refractivity contribution < 1.29 is 4.42 Å². The predicted octanol–water partition coefficient (Wildman–Crippen LogP) is 2.35. The van der Waals surface area contributed by atoms with E-state index in [2.05, 4.69) is 11.9 Å². The van der Waals surface area contributed by atoms with Gasteiger partial charge in [0.1, 0.15) is 5.52 Å². The van der Waals surface area contributed by atoms with Crippen molar-refractivity contribution in [1.29, 1.82) is 5.26 Å². The predicted molar refractivity (Wildman–Crippen MR) is 70.0 cm³/mol. The van der Waals surface area contributed by atoms with Gasteiger partial charge in [-0.1, -0.05) is 0 Å². The Morgan fingerprint density at radius 1 is 1.39 bits per heavy atom. The minimum absolute atomic E-state index is 0.340. The van der Waals surface area contributed by atoms with Crippen molar-refractivity contribution in [2.45, 2.75) is 27.2 Å². The van der Waals surface area contributed by atoms with Gasteiger partial charge in [0.2, 0.25) is 0 Å². The molecular weight excluding hydrogens is 228 g/mol. The number of benzene rings is 1. The second-order valence-electron chi connectivity index (χ2n) is 4.39. The Morgan fingerprint density at radius 3 is 2.78 bits per heavy atom. The fourth-order valence-electron chi connectivity index (χ4n) is 1.85. The maximum absolute atomic E-state index is 8.54. The van der Waals surface area contributed by atoms with Crippen molar-refractivity contribution in [2.24, 2.45) is 5.84 Å². The van der Waals surface area contributed by atoms with E-state index in [4.69, 9.17) is 15.5 Å². The number of nitrogens with zero attached hydrogens (tertiary/aromatic N) is 3. The third-order valence-electron chi connectivity index (χ3n) is 3.21. The number of aryl methyl sites for hydroxylation is 2. The molecule has 0 aliphatic rings. The van der Waals surface area contributed by atoms with Gasteiger partial charge in [0, 0.05) is 0 Å². The van der Waals surface area contributed by atoms with Gasteiger partial charge in [-0.2, -0.15) is 10.2 Å². The number of hydrazine groups is 1. The molecule has 1 aromatic carbocycles. The van der Waals surface area contributed by atoms with Crippen molar-refractivity contribution in [3.8, 4) is 6.07 Å². The molecule has 0 aliphatic carbocycles. The lowest BCUT2D eigenvalue weighted by molar-refractivity contribution is 0.572. The molecule has 0 spiro atoms. The summed E-state index contributed by atoms with van der Waals surface area (Å²) in [6, 6.07) is 4.36. The molecule has 18 heavy (non-hydrogen) atoms. The van der Waals surface area contributed by atoms with E-state index in [1.165, 1.54) is 16.1 Å². The van der Waals surface area contributed by atoms with Gasteiger partial charge in [0.25, 0.3) is 0 Å². The molecular formula is C13H16N4O. The average Bonchev–Trinajstić information content (AvgIpc) is 2.77. The highest BCUT2D eigenvalue weighted by Crippen LogP contribution is 2.27. The van der Waals surface area contributed by atoms with E-state index in [1.54, 1.807) is 0 Å². The van der Waals surface area contributed by atoms with E-state index in [1.807, 2.05) is 26.0 Å². The van der Waals surface area contributed by atoms with Crippen molar-refractivity contribution in [3.63, 3.8) is 0 Å². The molecule has 0 fully saturated rings. The smallest absolute Gasteiger partial charge is 0.313 e. The maximum Gasteiger partial charge on any atom is 0.313 e. The van der Waals surface area contributed by atoms with Crippen LogP contribution in [0.3, 0.4) is 0 Å². The lowest BCUT2D eigenvalue weighted by Crippen LogP contribution is -2.31. The molecule has 0 saturated heterocycles. The Balaban J connectivity index is 2.45. The number of rotatable bonds is 3. The van der Waals surface area contributed by atoms with Crippen LogP contribution in [0.5, 0.6) is 0 Å². The molecule has 0 unspecified atom stereocenters. The number of hydrogen-bond donors (Lipinski definition) is 1. The highest BCUT2D eigenvalue weighted by atomic mass is 16.4. The largest absolute Gasteiger partial charge is 0.422 e. The molecule has 1 heterocycles. The molecule has 2 N–H and O–H groups in total. The quantitative estimate of drug-likeness (QED) is 0.662. The lowest BCUT2D eigenvalue weighted by Gasteiger charge is -2.10. The topological polar surface area (TPSA) is 79.1 Å². The zero-order valence-electron chi connectivity index (χ0n) is 10.8. The monoisotopic (exact) mass is 244 g/mol. The van der Waals surface area contributed by atoms with Gasteiger partial charge in [0.15, 0.2) is 5.58 Å². The lowest BCUT2D eigenvalue weighted by atomic mass is 10.0. The summed E-state index contributed by atoms with van der Waals surface area (Å²) in [7, 11) is 0. The van der Waals surface area contributed by atoms with Crippen molar-refractivity contribution in [3.05, 3.63) is 22.8 Å². The van der Waals surface area contributed by atoms with Gasteiger partial charge in [-0.05, 0) is 43.5 Å². The van der Waals surface area contributed by atoms with E-state index in [0.717, 1.165) is 16.7 Å². The molecule has 0 amide bonds. The van der Waals surface area contributed by atoms with Gasteiger partial charge in [-0.15, -0.1) is 0 Å². The van der Waals surface area contributed by atoms with Gasteiger partial charge in [-0.3, -0.25) is 5.01 Å². The van der Waals surface area contributed by atoms with Crippen molar-refractivity contribution >= 4 is 17.1 Å². The Hall–Kier alpha value is -2.06. The van der Waals surface area contributed by atoms with Crippen molar-refractivity contribution in [2.75, 3.05) is 11.6 Å². The highest BCUT2D eigenvalue weighted by molar-refractivity contribution is 5.80. The average molecular weight is 244 g/mol. The molecule has 0 atom stereocenters. The molecule has 5 nitrogen and oxygen atoms in total. The molecule has 1 aromatic heterocycles. The van der Waals surface area contributed by atoms with Crippen LogP contribution in [0, 0.1) is 32.1 Å². The van der Waals surface area contributed by atoms with Gasteiger partial charge >= 0.3 is 6.01 Å². The first-order valence-electron chi connectivity index (χ1n) is 5.81. The van der Waals surface area contributed by atoms with Crippen LogP contribution < -0.4 is 10.9 Å². The number of anilines is 1. The highest BCUT2D eigenvalue weighted by Gasteiger charge is 2.14. The normalized spacial score (nSPS) is 10.6. The summed E-state index contributed by atoms with van der Waals surface area (Å²) >= 11 is 0. The summed E-state index contributed by atoms with van der Waals surface area (Å²) in [5.74, 6) is 5.80. The summed E-state index contributed by atoms with van der Waals surface area (Å²) < 4.78 is 5.62. The molecule has 0 saturated carbocycles. The first kappa shape index (κ1) is 12.4. The summed E-state index contributed by atoms with van der Waals surface area (Å²) in [6.07, 6.45) is 0.340. The van der Waals surface area contributed by atoms with E-state index < -0.39 is 0 Å². The second kappa shape index (κ2) is 4.67. The molecule has 0 aliphatic heterocycles. The number of nitrogens with two attached hydrogens (primary N) is 1.